The van der Waals surface area contributed by atoms with Crippen molar-refractivity contribution in [2.45, 2.75) is 20.4 Å². The number of nitrogens with zero attached hydrogens (tertiary/aromatic N) is 2. The van der Waals surface area contributed by atoms with E-state index in [0.717, 1.165) is 16.7 Å². The SMILES string of the molecule is COCCNC(=O)COC(=O)c1cn(Cc2ccc(C)cc2)nc1-c1ccc(C)cc1. The van der Waals surface area contributed by atoms with Crippen molar-refractivity contribution in [3.63, 3.8) is 0 Å². The molecule has 0 unspecified atom stereocenters. The maximum atomic E-state index is 12.8. The molecule has 0 saturated heterocycles. The Morgan fingerprint density at radius 3 is 2.29 bits per heavy atom. The number of hydrogen-bond acceptors (Lipinski definition) is 5. The van der Waals surface area contributed by atoms with Crippen LogP contribution in [0.1, 0.15) is 27.0 Å². The van der Waals surface area contributed by atoms with E-state index in [1.165, 1.54) is 5.56 Å². The summed E-state index contributed by atoms with van der Waals surface area (Å²) in [7, 11) is 1.55. The van der Waals surface area contributed by atoms with E-state index in [1.807, 2.05) is 62.4 Å². The zero-order valence-corrected chi connectivity index (χ0v) is 18.1. The Morgan fingerprint density at radius 1 is 1.00 bits per heavy atom. The van der Waals surface area contributed by atoms with Gasteiger partial charge in [-0.1, -0.05) is 59.7 Å². The lowest BCUT2D eigenvalue weighted by molar-refractivity contribution is -0.124. The van der Waals surface area contributed by atoms with Gasteiger partial charge in [-0.3, -0.25) is 9.48 Å². The van der Waals surface area contributed by atoms with Gasteiger partial charge in [-0.2, -0.15) is 5.10 Å². The zero-order valence-electron chi connectivity index (χ0n) is 18.1. The second-order valence-electron chi connectivity index (χ2n) is 7.36. The number of carbonyl (C=O) groups is 2. The fourth-order valence-corrected chi connectivity index (χ4v) is 3.01. The molecule has 7 heteroatoms. The summed E-state index contributed by atoms with van der Waals surface area (Å²) in [4.78, 5) is 24.6. The van der Waals surface area contributed by atoms with Gasteiger partial charge in [0.15, 0.2) is 6.61 Å². The number of methoxy groups -OCH3 is 1. The third-order valence-corrected chi connectivity index (χ3v) is 4.73. The van der Waals surface area contributed by atoms with Crippen molar-refractivity contribution in [1.29, 1.82) is 0 Å². The highest BCUT2D eigenvalue weighted by Crippen LogP contribution is 2.24. The van der Waals surface area contributed by atoms with Gasteiger partial charge in [0.05, 0.1) is 13.2 Å². The highest BCUT2D eigenvalue weighted by atomic mass is 16.5. The van der Waals surface area contributed by atoms with E-state index in [2.05, 4.69) is 10.4 Å². The first-order valence-corrected chi connectivity index (χ1v) is 10.1. The molecule has 1 amide bonds. The summed E-state index contributed by atoms with van der Waals surface area (Å²) in [6.07, 6.45) is 1.67. The lowest BCUT2D eigenvalue weighted by atomic mass is 10.1. The molecule has 1 N–H and O–H groups in total. The monoisotopic (exact) mass is 421 g/mol. The number of amides is 1. The summed E-state index contributed by atoms with van der Waals surface area (Å²) in [6, 6.07) is 15.9. The van der Waals surface area contributed by atoms with Gasteiger partial charge >= 0.3 is 5.97 Å². The average molecular weight is 421 g/mol. The number of aromatic nitrogens is 2. The van der Waals surface area contributed by atoms with Crippen molar-refractivity contribution in [3.05, 3.63) is 77.0 Å². The summed E-state index contributed by atoms with van der Waals surface area (Å²) in [6.45, 7) is 4.94. The molecule has 0 aliphatic heterocycles. The molecule has 0 aliphatic rings. The van der Waals surface area contributed by atoms with Gasteiger partial charge in [-0.05, 0) is 19.4 Å². The Morgan fingerprint density at radius 2 is 1.65 bits per heavy atom. The van der Waals surface area contributed by atoms with Gasteiger partial charge in [-0.25, -0.2) is 4.79 Å². The molecule has 0 bridgehead atoms. The minimum atomic E-state index is -0.590. The van der Waals surface area contributed by atoms with Crippen LogP contribution in [-0.4, -0.2) is 48.5 Å². The van der Waals surface area contributed by atoms with Gasteiger partial charge in [0.1, 0.15) is 11.3 Å². The van der Waals surface area contributed by atoms with Crippen molar-refractivity contribution in [3.8, 4) is 11.3 Å². The normalized spacial score (nSPS) is 10.7. The maximum Gasteiger partial charge on any atom is 0.342 e. The fraction of sp³-hybridized carbons (Fsp3) is 0.292. The fourth-order valence-electron chi connectivity index (χ4n) is 3.01. The van der Waals surface area contributed by atoms with Crippen molar-refractivity contribution in [1.82, 2.24) is 15.1 Å². The van der Waals surface area contributed by atoms with Crippen LogP contribution >= 0.6 is 0 Å². The molecule has 0 atom stereocenters. The molecule has 0 saturated carbocycles. The van der Waals surface area contributed by atoms with E-state index >= 15 is 0 Å². The van der Waals surface area contributed by atoms with Crippen LogP contribution in [0.3, 0.4) is 0 Å². The second-order valence-corrected chi connectivity index (χ2v) is 7.36. The van der Waals surface area contributed by atoms with Crippen molar-refractivity contribution >= 4 is 11.9 Å². The molecule has 3 rings (SSSR count). The maximum absolute atomic E-state index is 12.8. The second kappa shape index (κ2) is 10.5. The molecule has 162 valence electrons. The average Bonchev–Trinajstić information content (AvgIpc) is 3.18. The van der Waals surface area contributed by atoms with Crippen LogP contribution in [0.25, 0.3) is 11.3 Å². The quantitative estimate of drug-likeness (QED) is 0.424. The number of rotatable bonds is 9. The molecule has 0 fully saturated rings. The molecular weight excluding hydrogens is 394 g/mol. The van der Waals surface area contributed by atoms with Gasteiger partial charge in [0.25, 0.3) is 5.91 Å². The van der Waals surface area contributed by atoms with Crippen LogP contribution in [0.4, 0.5) is 0 Å². The summed E-state index contributed by atoms with van der Waals surface area (Å²) in [5.41, 5.74) is 5.01. The van der Waals surface area contributed by atoms with Crippen LogP contribution in [0, 0.1) is 13.8 Å². The number of esters is 1. The molecule has 0 radical (unpaired) electrons. The minimum Gasteiger partial charge on any atom is -0.452 e. The van der Waals surface area contributed by atoms with Crippen molar-refractivity contribution in [2.75, 3.05) is 26.9 Å². The Labute approximate surface area is 182 Å². The van der Waals surface area contributed by atoms with E-state index in [4.69, 9.17) is 9.47 Å². The third kappa shape index (κ3) is 6.26. The predicted molar refractivity (Wildman–Crippen MR) is 118 cm³/mol. The molecular formula is C24H27N3O4. The molecule has 1 aromatic heterocycles. The van der Waals surface area contributed by atoms with Crippen molar-refractivity contribution < 1.29 is 19.1 Å². The van der Waals surface area contributed by atoms with E-state index in [1.54, 1.807) is 18.0 Å². The van der Waals surface area contributed by atoms with E-state index in [0.29, 0.717) is 31.0 Å². The molecule has 31 heavy (non-hydrogen) atoms. The third-order valence-electron chi connectivity index (χ3n) is 4.73. The molecule has 7 nitrogen and oxygen atoms in total. The first-order valence-electron chi connectivity index (χ1n) is 10.1. The lowest BCUT2D eigenvalue weighted by Gasteiger charge is -2.06. The Hall–Kier alpha value is -3.45. The summed E-state index contributed by atoms with van der Waals surface area (Å²) >= 11 is 0. The standard InChI is InChI=1S/C24H27N3O4/c1-17-4-8-19(9-5-17)14-27-15-21(23(26-27)20-10-6-18(2)7-11-20)24(29)31-16-22(28)25-12-13-30-3/h4-11,15H,12-14,16H2,1-3H3,(H,25,28). The number of nitrogens with one attached hydrogen (secondary N) is 1. The summed E-state index contributed by atoms with van der Waals surface area (Å²) in [5.74, 6) is -0.970. The lowest BCUT2D eigenvalue weighted by Crippen LogP contribution is -2.31. The van der Waals surface area contributed by atoms with Crippen LogP contribution in [0.5, 0.6) is 0 Å². The number of ether oxygens (including phenoxy) is 2. The Balaban J connectivity index is 1.80. The number of carbonyl (C=O) groups excluding carboxylic acids is 2. The van der Waals surface area contributed by atoms with Gasteiger partial charge in [0, 0.05) is 25.4 Å². The summed E-state index contributed by atoms with van der Waals surface area (Å²) in [5, 5.41) is 7.26. The first kappa shape index (κ1) is 22.2. The van der Waals surface area contributed by atoms with Crippen molar-refractivity contribution in [2.24, 2.45) is 0 Å². The molecule has 2 aromatic carbocycles. The van der Waals surface area contributed by atoms with Gasteiger partial charge < -0.3 is 14.8 Å². The number of aryl methyl sites for hydroxylation is 2. The molecule has 3 aromatic rings. The molecule has 0 spiro atoms. The van der Waals surface area contributed by atoms with Crippen LogP contribution < -0.4 is 5.32 Å². The Bertz CT molecular complexity index is 1020. The van der Waals surface area contributed by atoms with Gasteiger partial charge in [0.2, 0.25) is 0 Å². The smallest absolute Gasteiger partial charge is 0.342 e. The van der Waals surface area contributed by atoms with E-state index in [-0.39, 0.29) is 12.5 Å². The first-order chi connectivity index (χ1) is 15.0. The zero-order chi connectivity index (χ0) is 22.2. The number of benzene rings is 2. The number of hydrogen-bond donors (Lipinski definition) is 1. The van der Waals surface area contributed by atoms with Gasteiger partial charge in [-0.15, -0.1) is 0 Å². The predicted octanol–water partition coefficient (Wildman–Crippen LogP) is 3.13. The largest absolute Gasteiger partial charge is 0.452 e. The molecule has 0 aliphatic carbocycles. The van der Waals surface area contributed by atoms with E-state index in [9.17, 15) is 9.59 Å². The highest BCUT2D eigenvalue weighted by molar-refractivity contribution is 5.97. The van der Waals surface area contributed by atoms with E-state index < -0.39 is 5.97 Å². The van der Waals surface area contributed by atoms with Crippen LogP contribution in [-0.2, 0) is 20.8 Å². The minimum absolute atomic E-state index is 0.320. The Kier molecular flexibility index (Phi) is 7.56. The highest BCUT2D eigenvalue weighted by Gasteiger charge is 2.20. The van der Waals surface area contributed by atoms with Crippen LogP contribution in [0.2, 0.25) is 0 Å². The van der Waals surface area contributed by atoms with Crippen LogP contribution in [0.15, 0.2) is 54.7 Å². The molecule has 1 heterocycles. The summed E-state index contributed by atoms with van der Waals surface area (Å²) < 4.78 is 11.8. The topological polar surface area (TPSA) is 82.5 Å².